The lowest BCUT2D eigenvalue weighted by atomic mass is 10.1. The topological polar surface area (TPSA) is 120 Å². The highest BCUT2D eigenvalue weighted by Gasteiger charge is 2.48. The number of H-pyrrole nitrogens is 1. The standard InChI is InChI=1S/C21H21N7O2/c1-27-19-18(20(29)26-21(27)30)28(11-12-5-3-2-4-6-12)17(25-19)10-16-23-14-8-7-13(22)9-15(14)24-16/h2-9,18-19H,10-11,22H2,1H3,(H,23,24)(H,26,29,30). The molecule has 3 amide bonds. The van der Waals surface area contributed by atoms with E-state index < -0.39 is 18.2 Å². The summed E-state index contributed by atoms with van der Waals surface area (Å²) in [6.45, 7) is 0.503. The molecule has 1 aromatic heterocycles. The number of carbonyl (C=O) groups is 2. The second-order valence-electron chi connectivity index (χ2n) is 7.56. The molecule has 3 heterocycles. The number of imide groups is 1. The van der Waals surface area contributed by atoms with Gasteiger partial charge in [0, 0.05) is 19.3 Å². The molecule has 2 unspecified atom stereocenters. The zero-order valence-corrected chi connectivity index (χ0v) is 16.4. The molecule has 9 heteroatoms. The number of amidine groups is 1. The Kier molecular flexibility index (Phi) is 4.16. The van der Waals surface area contributed by atoms with E-state index >= 15 is 0 Å². The van der Waals surface area contributed by atoms with E-state index in [9.17, 15) is 9.59 Å². The Balaban J connectivity index is 1.50. The SMILES string of the molecule is CN1C(=O)NC(=O)C2C1N=C(Cc1nc3ccc(N)cc3[nH]1)N2Cc1ccccc1. The average molecular weight is 403 g/mol. The van der Waals surface area contributed by atoms with E-state index in [0.717, 1.165) is 22.4 Å². The molecule has 2 aromatic carbocycles. The molecular weight excluding hydrogens is 382 g/mol. The van der Waals surface area contributed by atoms with Gasteiger partial charge in [0.2, 0.25) is 0 Å². The highest BCUT2D eigenvalue weighted by Crippen LogP contribution is 2.27. The summed E-state index contributed by atoms with van der Waals surface area (Å²) >= 11 is 0. The van der Waals surface area contributed by atoms with Crippen molar-refractivity contribution in [2.75, 3.05) is 12.8 Å². The fourth-order valence-electron chi connectivity index (χ4n) is 4.01. The predicted molar refractivity (Wildman–Crippen MR) is 113 cm³/mol. The molecule has 1 fully saturated rings. The summed E-state index contributed by atoms with van der Waals surface area (Å²) in [5.41, 5.74) is 9.24. The van der Waals surface area contributed by atoms with Gasteiger partial charge in [0.25, 0.3) is 5.91 Å². The quantitative estimate of drug-likeness (QED) is 0.570. The second-order valence-corrected chi connectivity index (χ2v) is 7.56. The van der Waals surface area contributed by atoms with Gasteiger partial charge in [0.05, 0.1) is 17.5 Å². The Morgan fingerprint density at radius 2 is 1.93 bits per heavy atom. The number of nitrogens with one attached hydrogen (secondary N) is 2. The first-order valence-electron chi connectivity index (χ1n) is 9.68. The van der Waals surface area contributed by atoms with E-state index in [1.54, 1.807) is 13.1 Å². The highest BCUT2D eigenvalue weighted by atomic mass is 16.2. The minimum absolute atomic E-state index is 0.338. The van der Waals surface area contributed by atoms with Crippen LogP contribution in [0.1, 0.15) is 11.4 Å². The van der Waals surface area contributed by atoms with E-state index in [1.165, 1.54) is 4.90 Å². The van der Waals surface area contributed by atoms with Crippen LogP contribution in [0, 0.1) is 0 Å². The molecule has 0 bridgehead atoms. The van der Waals surface area contributed by atoms with Crippen molar-refractivity contribution in [2.45, 2.75) is 25.2 Å². The second kappa shape index (κ2) is 6.87. The molecular formula is C21H21N7O2. The van der Waals surface area contributed by atoms with Crippen LogP contribution in [0.5, 0.6) is 0 Å². The molecule has 0 aliphatic carbocycles. The van der Waals surface area contributed by atoms with Gasteiger partial charge in [-0.1, -0.05) is 30.3 Å². The van der Waals surface area contributed by atoms with Crippen LogP contribution in [0.15, 0.2) is 53.5 Å². The molecule has 3 aromatic rings. The van der Waals surface area contributed by atoms with Gasteiger partial charge in [0.15, 0.2) is 12.2 Å². The van der Waals surface area contributed by atoms with E-state index in [1.807, 2.05) is 47.4 Å². The summed E-state index contributed by atoms with van der Waals surface area (Å²) < 4.78 is 0. The maximum Gasteiger partial charge on any atom is 0.325 e. The number of rotatable bonds is 4. The van der Waals surface area contributed by atoms with Crippen LogP contribution < -0.4 is 11.1 Å². The summed E-state index contributed by atoms with van der Waals surface area (Å²) in [5.74, 6) is 1.09. The molecule has 30 heavy (non-hydrogen) atoms. The summed E-state index contributed by atoms with van der Waals surface area (Å²) in [6.07, 6.45) is -0.158. The number of hydrogen-bond acceptors (Lipinski definition) is 6. The number of aliphatic imine (C=N–C) groups is 1. The molecule has 2 aliphatic heterocycles. The maximum atomic E-state index is 12.7. The summed E-state index contributed by atoms with van der Waals surface area (Å²) in [6, 6.07) is 14.4. The molecule has 0 radical (unpaired) electrons. The number of aromatic amines is 1. The van der Waals surface area contributed by atoms with Gasteiger partial charge in [-0.05, 0) is 23.8 Å². The van der Waals surface area contributed by atoms with Crippen LogP contribution in [0.4, 0.5) is 10.5 Å². The van der Waals surface area contributed by atoms with Gasteiger partial charge in [-0.15, -0.1) is 0 Å². The third-order valence-corrected chi connectivity index (χ3v) is 5.52. The monoisotopic (exact) mass is 403 g/mol. The van der Waals surface area contributed by atoms with Crippen molar-refractivity contribution < 1.29 is 9.59 Å². The average Bonchev–Trinajstić information content (AvgIpc) is 3.28. The number of urea groups is 1. The predicted octanol–water partition coefficient (Wildman–Crippen LogP) is 1.48. The number of carbonyl (C=O) groups excluding carboxylic acids is 2. The summed E-state index contributed by atoms with van der Waals surface area (Å²) in [4.78, 5) is 40.9. The Bertz CT molecular complexity index is 1170. The molecule has 2 aliphatic rings. The first kappa shape index (κ1) is 18.2. The van der Waals surface area contributed by atoms with E-state index in [2.05, 4.69) is 15.3 Å². The van der Waals surface area contributed by atoms with Crippen LogP contribution >= 0.6 is 0 Å². The Labute approximate surface area is 172 Å². The van der Waals surface area contributed by atoms with Crippen molar-refractivity contribution in [3.63, 3.8) is 0 Å². The van der Waals surface area contributed by atoms with Crippen molar-refractivity contribution in [1.82, 2.24) is 25.1 Å². The number of aromatic nitrogens is 2. The van der Waals surface area contributed by atoms with E-state index in [4.69, 9.17) is 10.7 Å². The smallest absolute Gasteiger partial charge is 0.325 e. The minimum atomic E-state index is -0.581. The lowest BCUT2D eigenvalue weighted by Crippen LogP contribution is -2.63. The fourth-order valence-corrected chi connectivity index (χ4v) is 4.01. The number of anilines is 1. The molecule has 0 spiro atoms. The zero-order chi connectivity index (χ0) is 20.8. The third kappa shape index (κ3) is 3.04. The first-order chi connectivity index (χ1) is 14.5. The first-order valence-corrected chi connectivity index (χ1v) is 9.68. The Hall–Kier alpha value is -3.88. The van der Waals surface area contributed by atoms with Crippen molar-refractivity contribution in [1.29, 1.82) is 0 Å². The van der Waals surface area contributed by atoms with E-state index in [0.29, 0.717) is 24.5 Å². The number of amides is 3. The molecule has 2 atom stereocenters. The molecule has 4 N–H and O–H groups in total. The van der Waals surface area contributed by atoms with Gasteiger partial charge >= 0.3 is 6.03 Å². The minimum Gasteiger partial charge on any atom is -0.399 e. The largest absolute Gasteiger partial charge is 0.399 e. The fraction of sp³-hybridized carbons (Fsp3) is 0.238. The van der Waals surface area contributed by atoms with Crippen LogP contribution in [0.3, 0.4) is 0 Å². The van der Waals surface area contributed by atoms with Gasteiger partial charge in [-0.25, -0.2) is 14.8 Å². The number of imidazole rings is 1. The van der Waals surface area contributed by atoms with Crippen molar-refractivity contribution in [3.8, 4) is 0 Å². The highest BCUT2D eigenvalue weighted by molar-refractivity contribution is 6.04. The lowest BCUT2D eigenvalue weighted by Gasteiger charge is -2.36. The Morgan fingerprint density at radius 3 is 2.73 bits per heavy atom. The van der Waals surface area contributed by atoms with Gasteiger partial charge in [-0.3, -0.25) is 10.1 Å². The molecule has 9 nitrogen and oxygen atoms in total. The van der Waals surface area contributed by atoms with Crippen LogP contribution in [0.2, 0.25) is 0 Å². The van der Waals surface area contributed by atoms with Gasteiger partial charge < -0.3 is 20.5 Å². The number of fused-ring (bicyclic) bond motifs is 2. The maximum absolute atomic E-state index is 12.7. The summed E-state index contributed by atoms with van der Waals surface area (Å²) in [7, 11) is 1.65. The van der Waals surface area contributed by atoms with Crippen LogP contribution in [-0.2, 0) is 17.8 Å². The number of benzene rings is 2. The Morgan fingerprint density at radius 1 is 1.13 bits per heavy atom. The number of hydrogen-bond donors (Lipinski definition) is 3. The molecule has 152 valence electrons. The van der Waals surface area contributed by atoms with Gasteiger partial charge in [-0.2, -0.15) is 0 Å². The number of nitrogen functional groups attached to an aromatic ring is 1. The zero-order valence-electron chi connectivity index (χ0n) is 16.4. The van der Waals surface area contributed by atoms with Gasteiger partial charge in [0.1, 0.15) is 11.7 Å². The lowest BCUT2D eigenvalue weighted by molar-refractivity contribution is -0.127. The molecule has 5 rings (SSSR count). The molecule has 1 saturated heterocycles. The number of nitrogens with two attached hydrogens (primary N) is 1. The van der Waals surface area contributed by atoms with Crippen molar-refractivity contribution >= 4 is 34.5 Å². The summed E-state index contributed by atoms with van der Waals surface area (Å²) in [5, 5.41) is 2.42. The van der Waals surface area contributed by atoms with Crippen molar-refractivity contribution in [3.05, 3.63) is 59.9 Å². The van der Waals surface area contributed by atoms with Crippen molar-refractivity contribution in [2.24, 2.45) is 4.99 Å². The van der Waals surface area contributed by atoms with Crippen LogP contribution in [-0.4, -0.2) is 56.8 Å². The number of likely N-dealkylation sites (N-methyl/N-ethyl adjacent to an activating group) is 1. The van der Waals surface area contributed by atoms with E-state index in [-0.39, 0.29) is 5.91 Å². The van der Waals surface area contributed by atoms with Crippen LogP contribution in [0.25, 0.3) is 11.0 Å². The normalized spacial score (nSPS) is 21.0. The molecule has 0 saturated carbocycles. The number of nitrogens with zero attached hydrogens (tertiary/aromatic N) is 4. The third-order valence-electron chi connectivity index (χ3n) is 5.52.